The first-order valence-corrected chi connectivity index (χ1v) is 14.5. The highest BCUT2D eigenvalue weighted by Crippen LogP contribution is 2.43. The van der Waals surface area contributed by atoms with Gasteiger partial charge in [0.1, 0.15) is 6.61 Å². The number of allylic oxidation sites excluding steroid dienone is 2. The summed E-state index contributed by atoms with van der Waals surface area (Å²) >= 11 is 0. The Morgan fingerprint density at radius 2 is 1.41 bits per heavy atom. The molecule has 2 atom stereocenters. The predicted octanol–water partition coefficient (Wildman–Crippen LogP) is 6.65. The minimum absolute atomic E-state index is 0.000415. The quantitative estimate of drug-likeness (QED) is 0.0710. The lowest BCUT2D eigenvalue weighted by molar-refractivity contribution is -0.161. The van der Waals surface area contributed by atoms with E-state index in [1.165, 1.54) is 0 Å². The van der Waals surface area contributed by atoms with Crippen LogP contribution in [0.5, 0.6) is 0 Å². The number of hydrogen-bond acceptors (Lipinski definition) is 7. The summed E-state index contributed by atoms with van der Waals surface area (Å²) in [6, 6.07) is 0. The van der Waals surface area contributed by atoms with Gasteiger partial charge in [-0.15, -0.1) is 0 Å². The number of carbonyl (C=O) groups excluding carboxylic acids is 2. The molecule has 0 rings (SSSR count). The van der Waals surface area contributed by atoms with Gasteiger partial charge in [0.15, 0.2) is 6.10 Å². The highest BCUT2D eigenvalue weighted by atomic mass is 31.2. The summed E-state index contributed by atoms with van der Waals surface area (Å²) in [4.78, 5) is 33.8. The summed E-state index contributed by atoms with van der Waals surface area (Å²) in [5.41, 5.74) is 0. The topological polar surface area (TPSA) is 108 Å². The van der Waals surface area contributed by atoms with Crippen LogP contribution in [-0.4, -0.2) is 42.8 Å². The molecule has 0 aromatic rings. The molecule has 0 saturated carbocycles. The van der Waals surface area contributed by atoms with Gasteiger partial charge < -0.3 is 14.4 Å². The molecule has 0 aliphatic rings. The van der Waals surface area contributed by atoms with Gasteiger partial charge >= 0.3 is 19.8 Å². The Hall–Kier alpha value is -1.21. The Balaban J connectivity index is 4.32. The molecule has 200 valence electrons. The highest BCUT2D eigenvalue weighted by molar-refractivity contribution is 7.47. The van der Waals surface area contributed by atoms with Gasteiger partial charge in [-0.25, -0.2) is 4.57 Å². The number of phosphoric acid groups is 1. The van der Waals surface area contributed by atoms with Gasteiger partial charge in [-0.3, -0.25) is 18.6 Å². The zero-order valence-corrected chi connectivity index (χ0v) is 22.4. The van der Waals surface area contributed by atoms with Crippen molar-refractivity contribution in [2.45, 2.75) is 117 Å². The van der Waals surface area contributed by atoms with Crippen molar-refractivity contribution < 1.29 is 37.6 Å². The van der Waals surface area contributed by atoms with Gasteiger partial charge in [0.25, 0.3) is 0 Å². The maximum atomic E-state index is 12.2. The van der Waals surface area contributed by atoms with Crippen molar-refractivity contribution >= 4 is 19.8 Å². The SMILES string of the molecule is CC/C=C\CCCCCCCC(=O)OC[C@H](COP(=O)(O)OCC)OC(=O)CCCCCCC. The Bertz CT molecular complexity index is 593. The van der Waals surface area contributed by atoms with E-state index in [0.29, 0.717) is 6.42 Å². The molecular weight excluding hydrogens is 459 g/mol. The Kier molecular flexibility index (Phi) is 21.5. The van der Waals surface area contributed by atoms with Crippen LogP contribution in [0.1, 0.15) is 111 Å². The third kappa shape index (κ3) is 21.3. The van der Waals surface area contributed by atoms with E-state index in [1.54, 1.807) is 6.92 Å². The monoisotopic (exact) mass is 506 g/mol. The van der Waals surface area contributed by atoms with E-state index in [2.05, 4.69) is 30.5 Å². The summed E-state index contributed by atoms with van der Waals surface area (Å²) in [5.74, 6) is -0.831. The normalized spacial score (nSPS) is 14.1. The van der Waals surface area contributed by atoms with Gasteiger partial charge in [0, 0.05) is 12.8 Å². The molecule has 0 bridgehead atoms. The van der Waals surface area contributed by atoms with Crippen LogP contribution in [0.2, 0.25) is 0 Å². The molecule has 0 spiro atoms. The maximum absolute atomic E-state index is 12.2. The maximum Gasteiger partial charge on any atom is 0.472 e. The van der Waals surface area contributed by atoms with Crippen LogP contribution in [0.25, 0.3) is 0 Å². The lowest BCUT2D eigenvalue weighted by Crippen LogP contribution is -2.29. The Morgan fingerprint density at radius 1 is 0.794 bits per heavy atom. The second kappa shape index (κ2) is 22.3. The number of hydrogen-bond donors (Lipinski definition) is 1. The van der Waals surface area contributed by atoms with E-state index in [9.17, 15) is 19.0 Å². The van der Waals surface area contributed by atoms with Gasteiger partial charge in [-0.2, -0.15) is 0 Å². The van der Waals surface area contributed by atoms with E-state index in [-0.39, 0.29) is 32.0 Å². The van der Waals surface area contributed by atoms with Crippen molar-refractivity contribution in [2.75, 3.05) is 19.8 Å². The fourth-order valence-corrected chi connectivity index (χ4v) is 3.97. The smallest absolute Gasteiger partial charge is 0.462 e. The molecule has 8 nitrogen and oxygen atoms in total. The predicted molar refractivity (Wildman–Crippen MR) is 133 cm³/mol. The average Bonchev–Trinajstić information content (AvgIpc) is 2.79. The number of ether oxygens (including phenoxy) is 2. The van der Waals surface area contributed by atoms with Crippen molar-refractivity contribution in [3.63, 3.8) is 0 Å². The minimum Gasteiger partial charge on any atom is -0.462 e. The van der Waals surface area contributed by atoms with Gasteiger partial charge in [-0.1, -0.05) is 70.9 Å². The Morgan fingerprint density at radius 3 is 2.06 bits per heavy atom. The van der Waals surface area contributed by atoms with Crippen molar-refractivity contribution in [3.8, 4) is 0 Å². The van der Waals surface area contributed by atoms with Crippen molar-refractivity contribution in [2.24, 2.45) is 0 Å². The zero-order chi connectivity index (χ0) is 25.5. The molecule has 0 fully saturated rings. The third-order valence-electron chi connectivity index (χ3n) is 5.08. The van der Waals surface area contributed by atoms with Crippen LogP contribution in [-0.2, 0) is 32.7 Å². The fourth-order valence-electron chi connectivity index (χ4n) is 3.22. The van der Waals surface area contributed by atoms with Crippen molar-refractivity contribution in [1.29, 1.82) is 0 Å². The van der Waals surface area contributed by atoms with Crippen LogP contribution < -0.4 is 0 Å². The average molecular weight is 507 g/mol. The van der Waals surface area contributed by atoms with Crippen molar-refractivity contribution in [3.05, 3.63) is 12.2 Å². The molecule has 34 heavy (non-hydrogen) atoms. The van der Waals surface area contributed by atoms with E-state index in [1.807, 2.05) is 0 Å². The first-order chi connectivity index (χ1) is 16.3. The van der Waals surface area contributed by atoms with Crippen molar-refractivity contribution in [1.82, 2.24) is 0 Å². The highest BCUT2D eigenvalue weighted by Gasteiger charge is 2.25. The Labute approximate surface area is 206 Å². The summed E-state index contributed by atoms with van der Waals surface area (Å²) in [6.07, 6.45) is 16.1. The molecule has 0 aromatic heterocycles. The number of phosphoric ester groups is 1. The van der Waals surface area contributed by atoms with E-state index in [4.69, 9.17) is 14.0 Å². The molecule has 0 aromatic carbocycles. The second-order valence-corrected chi connectivity index (χ2v) is 9.78. The standard InChI is InChI=1S/C25H47O8P/c1-4-7-9-11-12-13-14-16-17-19-24(26)30-21-23(22-32-34(28,29)31-6-3)33-25(27)20-18-15-10-8-5-2/h7,9,23H,4-6,8,10-22H2,1-3H3,(H,28,29)/b9-7-/t23-/m1/s1. The second-order valence-electron chi connectivity index (χ2n) is 8.33. The lowest BCUT2D eigenvalue weighted by Gasteiger charge is -2.19. The molecular formula is C25H47O8P. The van der Waals surface area contributed by atoms with Crippen LogP contribution in [0, 0.1) is 0 Å². The molecule has 0 aliphatic carbocycles. The minimum atomic E-state index is -4.24. The van der Waals surface area contributed by atoms with Crippen LogP contribution in [0.3, 0.4) is 0 Å². The molecule has 0 heterocycles. The van der Waals surface area contributed by atoms with Crippen LogP contribution in [0.15, 0.2) is 12.2 Å². The fraction of sp³-hybridized carbons (Fsp3) is 0.840. The van der Waals surface area contributed by atoms with E-state index < -0.39 is 26.5 Å². The molecule has 0 saturated heterocycles. The molecule has 1 N–H and O–H groups in total. The number of unbranched alkanes of at least 4 members (excludes halogenated alkanes) is 9. The van der Waals surface area contributed by atoms with Gasteiger partial charge in [0.05, 0.1) is 13.2 Å². The summed E-state index contributed by atoms with van der Waals surface area (Å²) in [6.45, 7) is 5.19. The van der Waals surface area contributed by atoms with Crippen LogP contribution >= 0.6 is 7.82 Å². The largest absolute Gasteiger partial charge is 0.472 e. The lowest BCUT2D eigenvalue weighted by atomic mass is 10.1. The van der Waals surface area contributed by atoms with Gasteiger partial charge in [-0.05, 0) is 39.0 Å². The molecule has 0 radical (unpaired) electrons. The molecule has 1 unspecified atom stereocenters. The molecule has 0 aliphatic heterocycles. The number of rotatable bonds is 23. The van der Waals surface area contributed by atoms with Crippen LogP contribution in [0.4, 0.5) is 0 Å². The number of carbonyl (C=O) groups is 2. The summed E-state index contributed by atoms with van der Waals surface area (Å²) in [7, 11) is -4.24. The first kappa shape index (κ1) is 32.8. The first-order valence-electron chi connectivity index (χ1n) is 13.0. The summed E-state index contributed by atoms with van der Waals surface area (Å²) in [5, 5.41) is 0. The number of esters is 2. The molecule has 0 amide bonds. The van der Waals surface area contributed by atoms with E-state index in [0.717, 1.165) is 70.6 Å². The third-order valence-corrected chi connectivity index (χ3v) is 6.14. The summed E-state index contributed by atoms with van der Waals surface area (Å²) < 4.78 is 31.9. The van der Waals surface area contributed by atoms with Gasteiger partial charge in [0.2, 0.25) is 0 Å². The zero-order valence-electron chi connectivity index (χ0n) is 21.5. The molecule has 9 heteroatoms. The van der Waals surface area contributed by atoms with E-state index >= 15 is 0 Å².